The SMILES string of the molecule is Cc1c(/C=N\NC(=O)C(O)(c2ccccc2)c2ccccc2)c2ccccc2n1Cc1ccc(Cl)c(Cl)c1. The molecule has 5 nitrogen and oxygen atoms in total. The first-order valence-corrected chi connectivity index (χ1v) is 12.8. The van der Waals surface area contributed by atoms with Gasteiger partial charge in [-0.1, -0.05) is 108 Å². The van der Waals surface area contributed by atoms with Crippen LogP contribution < -0.4 is 5.43 Å². The van der Waals surface area contributed by atoms with Crippen LogP contribution in [0.5, 0.6) is 0 Å². The topological polar surface area (TPSA) is 66.6 Å². The maximum atomic E-state index is 13.4. The molecular weight excluding hydrogens is 517 g/mol. The second-order valence-corrected chi connectivity index (χ2v) is 9.81. The lowest BCUT2D eigenvalue weighted by atomic mass is 9.85. The average molecular weight is 542 g/mol. The van der Waals surface area contributed by atoms with E-state index in [1.54, 1.807) is 60.8 Å². The second-order valence-electron chi connectivity index (χ2n) is 8.99. The minimum Gasteiger partial charge on any atom is -0.372 e. The van der Waals surface area contributed by atoms with Crippen molar-refractivity contribution in [2.24, 2.45) is 5.10 Å². The Morgan fingerprint density at radius 1 is 0.895 bits per heavy atom. The van der Waals surface area contributed by atoms with Crippen LogP contribution in [0.15, 0.2) is 108 Å². The Kier molecular flexibility index (Phi) is 7.34. The lowest BCUT2D eigenvalue weighted by Gasteiger charge is -2.27. The third kappa shape index (κ3) is 4.84. The summed E-state index contributed by atoms with van der Waals surface area (Å²) in [6.07, 6.45) is 1.62. The van der Waals surface area contributed by atoms with Crippen molar-refractivity contribution >= 4 is 46.2 Å². The van der Waals surface area contributed by atoms with Gasteiger partial charge in [-0.05, 0) is 41.8 Å². The van der Waals surface area contributed by atoms with Crippen molar-refractivity contribution in [2.45, 2.75) is 19.1 Å². The first-order chi connectivity index (χ1) is 18.4. The van der Waals surface area contributed by atoms with Crippen molar-refractivity contribution in [1.29, 1.82) is 0 Å². The summed E-state index contributed by atoms with van der Waals surface area (Å²) in [5.41, 5.74) is 5.44. The summed E-state index contributed by atoms with van der Waals surface area (Å²) in [6.45, 7) is 2.59. The van der Waals surface area contributed by atoms with E-state index in [0.29, 0.717) is 27.7 Å². The molecule has 0 saturated heterocycles. The van der Waals surface area contributed by atoms with Gasteiger partial charge in [0.05, 0.1) is 16.3 Å². The van der Waals surface area contributed by atoms with Crippen LogP contribution in [0.4, 0.5) is 0 Å². The average Bonchev–Trinajstić information content (AvgIpc) is 3.21. The predicted octanol–water partition coefficient (Wildman–Crippen LogP) is 6.69. The van der Waals surface area contributed by atoms with Crippen LogP contribution in [-0.4, -0.2) is 21.8 Å². The minimum atomic E-state index is -1.91. The smallest absolute Gasteiger partial charge is 0.281 e. The van der Waals surface area contributed by atoms with Gasteiger partial charge < -0.3 is 9.67 Å². The zero-order chi connectivity index (χ0) is 26.7. The number of carbonyl (C=O) groups excluding carboxylic acids is 1. The normalized spacial score (nSPS) is 11.8. The van der Waals surface area contributed by atoms with E-state index in [1.807, 2.05) is 55.5 Å². The number of hydrazone groups is 1. The Bertz CT molecular complexity index is 1590. The first-order valence-electron chi connectivity index (χ1n) is 12.1. The third-order valence-electron chi connectivity index (χ3n) is 6.68. The number of benzene rings is 4. The Balaban J connectivity index is 1.47. The highest BCUT2D eigenvalue weighted by Gasteiger charge is 2.39. The number of fused-ring (bicyclic) bond motifs is 1. The van der Waals surface area contributed by atoms with E-state index in [4.69, 9.17) is 23.2 Å². The van der Waals surface area contributed by atoms with Gasteiger partial charge in [0.25, 0.3) is 5.91 Å². The zero-order valence-electron chi connectivity index (χ0n) is 20.6. The lowest BCUT2D eigenvalue weighted by Crippen LogP contribution is -2.43. The molecule has 0 saturated carbocycles. The third-order valence-corrected chi connectivity index (χ3v) is 7.41. The monoisotopic (exact) mass is 541 g/mol. The molecule has 5 rings (SSSR count). The molecule has 1 heterocycles. The minimum absolute atomic E-state index is 0.452. The molecule has 0 aliphatic heterocycles. The Hall–Kier alpha value is -3.90. The Morgan fingerprint density at radius 3 is 2.13 bits per heavy atom. The highest BCUT2D eigenvalue weighted by Crippen LogP contribution is 2.30. The number of nitrogens with one attached hydrogen (secondary N) is 1. The molecule has 0 aliphatic carbocycles. The van der Waals surface area contributed by atoms with Crippen LogP contribution in [0.3, 0.4) is 0 Å². The van der Waals surface area contributed by atoms with Gasteiger partial charge in [0, 0.05) is 28.7 Å². The van der Waals surface area contributed by atoms with Crippen molar-refractivity contribution in [1.82, 2.24) is 9.99 Å². The van der Waals surface area contributed by atoms with Crippen molar-refractivity contribution in [3.8, 4) is 0 Å². The van der Waals surface area contributed by atoms with Crippen LogP contribution in [0.2, 0.25) is 10.0 Å². The van der Waals surface area contributed by atoms with Crippen LogP contribution in [0.1, 0.15) is 27.9 Å². The van der Waals surface area contributed by atoms with Crippen molar-refractivity contribution in [3.63, 3.8) is 0 Å². The molecule has 5 aromatic rings. The predicted molar refractivity (Wildman–Crippen MR) is 154 cm³/mol. The summed E-state index contributed by atoms with van der Waals surface area (Å²) in [5, 5.41) is 17.9. The molecule has 0 bridgehead atoms. The molecule has 0 radical (unpaired) electrons. The summed E-state index contributed by atoms with van der Waals surface area (Å²) in [6, 6.07) is 31.3. The number of nitrogens with zero attached hydrogens (tertiary/aromatic N) is 2. The van der Waals surface area contributed by atoms with E-state index in [-0.39, 0.29) is 0 Å². The van der Waals surface area contributed by atoms with E-state index < -0.39 is 11.5 Å². The molecule has 38 heavy (non-hydrogen) atoms. The van der Waals surface area contributed by atoms with Gasteiger partial charge in [-0.25, -0.2) is 5.43 Å². The van der Waals surface area contributed by atoms with Crippen molar-refractivity contribution in [3.05, 3.63) is 141 Å². The maximum absolute atomic E-state index is 13.4. The molecule has 1 aromatic heterocycles. The summed E-state index contributed by atoms with van der Waals surface area (Å²) in [5.74, 6) is -0.650. The van der Waals surface area contributed by atoms with Gasteiger partial charge in [-0.3, -0.25) is 4.79 Å². The van der Waals surface area contributed by atoms with Crippen LogP contribution >= 0.6 is 23.2 Å². The van der Waals surface area contributed by atoms with Gasteiger partial charge >= 0.3 is 0 Å². The molecular formula is C31H25Cl2N3O2. The molecule has 1 amide bonds. The summed E-state index contributed by atoms with van der Waals surface area (Å²) in [4.78, 5) is 13.4. The molecule has 7 heteroatoms. The number of aromatic nitrogens is 1. The molecule has 0 fully saturated rings. The molecule has 0 atom stereocenters. The van der Waals surface area contributed by atoms with Gasteiger partial charge in [-0.15, -0.1) is 0 Å². The fourth-order valence-electron chi connectivity index (χ4n) is 4.67. The van der Waals surface area contributed by atoms with Crippen molar-refractivity contribution < 1.29 is 9.90 Å². The molecule has 0 aliphatic rings. The fraction of sp³-hybridized carbons (Fsp3) is 0.0968. The van der Waals surface area contributed by atoms with Gasteiger partial charge in [0.15, 0.2) is 5.60 Å². The summed E-state index contributed by atoms with van der Waals surface area (Å²) >= 11 is 12.3. The molecule has 0 unspecified atom stereocenters. The van der Waals surface area contributed by atoms with E-state index in [2.05, 4.69) is 15.1 Å². The lowest BCUT2D eigenvalue weighted by molar-refractivity contribution is -0.136. The standard InChI is InChI=1S/C31H25Cl2N3O2/c1-21-26(25-14-8-9-15-29(25)36(21)20-22-16-17-27(32)28(33)18-22)19-34-35-30(37)31(38,23-10-4-2-5-11-23)24-12-6-3-7-13-24/h2-19,38H,20H2,1H3,(H,35,37)/b34-19-. The molecule has 4 aromatic carbocycles. The number of aliphatic hydroxyl groups is 1. The van der Waals surface area contributed by atoms with Gasteiger partial charge in [0.1, 0.15) is 0 Å². The van der Waals surface area contributed by atoms with Crippen LogP contribution in [-0.2, 0) is 16.9 Å². The maximum Gasteiger partial charge on any atom is 0.281 e. The molecule has 2 N–H and O–H groups in total. The van der Waals surface area contributed by atoms with Gasteiger partial charge in [0.2, 0.25) is 0 Å². The number of rotatable bonds is 7. The van der Waals surface area contributed by atoms with Crippen molar-refractivity contribution in [2.75, 3.05) is 0 Å². The fourth-order valence-corrected chi connectivity index (χ4v) is 4.99. The quantitative estimate of drug-likeness (QED) is 0.178. The number of amides is 1. The summed E-state index contributed by atoms with van der Waals surface area (Å²) < 4.78 is 2.17. The number of halogens is 2. The Morgan fingerprint density at radius 2 is 1.50 bits per heavy atom. The first kappa shape index (κ1) is 25.7. The van der Waals surface area contributed by atoms with Gasteiger partial charge in [-0.2, -0.15) is 5.10 Å². The molecule has 0 spiro atoms. The number of hydrogen-bond acceptors (Lipinski definition) is 3. The molecule has 190 valence electrons. The largest absolute Gasteiger partial charge is 0.372 e. The number of para-hydroxylation sites is 1. The highest BCUT2D eigenvalue weighted by molar-refractivity contribution is 6.42. The highest BCUT2D eigenvalue weighted by atomic mass is 35.5. The van der Waals surface area contributed by atoms with E-state index in [1.165, 1.54) is 0 Å². The van der Waals surface area contributed by atoms with E-state index in [0.717, 1.165) is 27.7 Å². The number of hydrogen-bond donors (Lipinski definition) is 2. The Labute approximate surface area is 231 Å². The number of carbonyl (C=O) groups is 1. The second kappa shape index (κ2) is 10.8. The summed E-state index contributed by atoms with van der Waals surface area (Å²) in [7, 11) is 0. The van der Waals surface area contributed by atoms with E-state index >= 15 is 0 Å². The zero-order valence-corrected chi connectivity index (χ0v) is 22.1. The van der Waals surface area contributed by atoms with E-state index in [9.17, 15) is 9.90 Å². The van der Waals surface area contributed by atoms with Crippen LogP contribution in [0.25, 0.3) is 10.9 Å². The van der Waals surface area contributed by atoms with Crippen LogP contribution in [0, 0.1) is 6.92 Å².